The van der Waals surface area contributed by atoms with Crippen molar-refractivity contribution in [2.45, 2.75) is 25.7 Å². The third-order valence-electron chi connectivity index (χ3n) is 3.27. The molecule has 1 saturated heterocycles. The molecule has 2 rings (SSSR count). The van der Waals surface area contributed by atoms with E-state index in [2.05, 4.69) is 20.7 Å². The lowest BCUT2D eigenvalue weighted by Gasteiger charge is -2.37. The van der Waals surface area contributed by atoms with Gasteiger partial charge in [-0.25, -0.2) is 0 Å². The van der Waals surface area contributed by atoms with Crippen molar-refractivity contribution in [2.75, 3.05) is 18.5 Å². The Morgan fingerprint density at radius 3 is 2.90 bits per heavy atom. The molecule has 0 aromatic heterocycles. The van der Waals surface area contributed by atoms with E-state index in [9.17, 15) is 13.6 Å². The van der Waals surface area contributed by atoms with Crippen molar-refractivity contribution in [1.82, 2.24) is 4.90 Å². The topological polar surface area (TPSA) is 38.8 Å². The number of hydrogen-bond acceptors (Lipinski definition) is 3. The molecule has 1 aromatic carbocycles. The minimum Gasteiger partial charge on any atom is -0.434 e. The van der Waals surface area contributed by atoms with Crippen LogP contribution in [0.4, 0.5) is 8.78 Å². The van der Waals surface area contributed by atoms with Gasteiger partial charge in [0.15, 0.2) is 0 Å². The molecule has 0 saturated carbocycles. The molecule has 2 unspecified atom stereocenters. The first-order chi connectivity index (χ1) is 10.0. The Morgan fingerprint density at radius 2 is 2.24 bits per heavy atom. The van der Waals surface area contributed by atoms with Crippen LogP contribution in [-0.2, 0) is 4.74 Å². The summed E-state index contributed by atoms with van der Waals surface area (Å²) in [4.78, 5) is 14.2. The predicted octanol–water partition coefficient (Wildman–Crippen LogP) is 2.91. The Bertz CT molecular complexity index is 501. The molecule has 0 N–H and O–H groups in total. The molecule has 1 aliphatic rings. The van der Waals surface area contributed by atoms with E-state index in [1.54, 1.807) is 17.0 Å². The zero-order chi connectivity index (χ0) is 15.4. The molecule has 0 spiro atoms. The van der Waals surface area contributed by atoms with Crippen LogP contribution >= 0.6 is 15.9 Å². The quantitative estimate of drug-likeness (QED) is 0.772. The van der Waals surface area contributed by atoms with E-state index in [4.69, 9.17) is 4.74 Å². The van der Waals surface area contributed by atoms with Gasteiger partial charge < -0.3 is 14.4 Å². The van der Waals surface area contributed by atoms with Gasteiger partial charge >= 0.3 is 6.61 Å². The van der Waals surface area contributed by atoms with Crippen molar-refractivity contribution >= 4 is 21.8 Å². The van der Waals surface area contributed by atoms with Gasteiger partial charge in [0.1, 0.15) is 5.75 Å². The lowest BCUT2D eigenvalue weighted by molar-refractivity contribution is -0.0514. The van der Waals surface area contributed by atoms with E-state index in [0.29, 0.717) is 18.5 Å². The molecule has 1 aliphatic heterocycles. The fourth-order valence-electron chi connectivity index (χ4n) is 2.19. The molecule has 4 nitrogen and oxygen atoms in total. The van der Waals surface area contributed by atoms with Crippen LogP contribution in [0.15, 0.2) is 24.3 Å². The average Bonchev–Trinajstić information content (AvgIpc) is 2.47. The van der Waals surface area contributed by atoms with Crippen molar-refractivity contribution in [1.29, 1.82) is 0 Å². The highest BCUT2D eigenvalue weighted by molar-refractivity contribution is 9.09. The molecule has 1 amide bonds. The molecular weight excluding hydrogens is 348 g/mol. The van der Waals surface area contributed by atoms with Crippen LogP contribution in [0.3, 0.4) is 0 Å². The van der Waals surface area contributed by atoms with Gasteiger partial charge in [-0.1, -0.05) is 28.1 Å². The predicted molar refractivity (Wildman–Crippen MR) is 77.1 cm³/mol. The highest BCUT2D eigenvalue weighted by Crippen LogP contribution is 2.24. The van der Waals surface area contributed by atoms with Gasteiger partial charge in [0.25, 0.3) is 5.91 Å². The second-order valence-corrected chi connectivity index (χ2v) is 5.44. The second kappa shape index (κ2) is 7.17. The van der Waals surface area contributed by atoms with Crippen LogP contribution in [0.5, 0.6) is 5.75 Å². The monoisotopic (exact) mass is 363 g/mol. The van der Waals surface area contributed by atoms with Gasteiger partial charge in [0.2, 0.25) is 0 Å². The van der Waals surface area contributed by atoms with Crippen molar-refractivity contribution < 1.29 is 23.0 Å². The van der Waals surface area contributed by atoms with Gasteiger partial charge in [-0.3, -0.25) is 4.79 Å². The summed E-state index contributed by atoms with van der Waals surface area (Å²) in [6, 6.07) is 5.92. The summed E-state index contributed by atoms with van der Waals surface area (Å²) in [6.07, 6.45) is -0.103. The van der Waals surface area contributed by atoms with Gasteiger partial charge in [-0.15, -0.1) is 0 Å². The standard InChI is InChI=1S/C14H16BrF2NO3/c1-9-8-20-10(6-15)7-18(9)13(19)11-4-2-3-5-12(11)21-14(16)17/h2-5,9-10,14H,6-8H2,1H3. The lowest BCUT2D eigenvalue weighted by Crippen LogP contribution is -2.51. The number of ether oxygens (including phenoxy) is 2. The number of alkyl halides is 3. The maximum Gasteiger partial charge on any atom is 0.387 e. The molecule has 1 fully saturated rings. The molecule has 2 atom stereocenters. The summed E-state index contributed by atoms with van der Waals surface area (Å²) in [5.74, 6) is -0.431. The Morgan fingerprint density at radius 1 is 1.52 bits per heavy atom. The van der Waals surface area contributed by atoms with E-state index < -0.39 is 6.61 Å². The molecule has 7 heteroatoms. The molecule has 1 aromatic rings. The van der Waals surface area contributed by atoms with E-state index in [1.165, 1.54) is 12.1 Å². The Balaban J connectivity index is 2.22. The van der Waals surface area contributed by atoms with E-state index in [0.717, 1.165) is 0 Å². The van der Waals surface area contributed by atoms with Crippen molar-refractivity contribution in [2.24, 2.45) is 0 Å². The first-order valence-electron chi connectivity index (χ1n) is 6.55. The van der Waals surface area contributed by atoms with Gasteiger partial charge in [-0.2, -0.15) is 8.78 Å². The zero-order valence-electron chi connectivity index (χ0n) is 11.5. The van der Waals surface area contributed by atoms with Crippen LogP contribution < -0.4 is 4.74 Å². The maximum absolute atomic E-state index is 12.6. The molecule has 116 valence electrons. The van der Waals surface area contributed by atoms with Gasteiger partial charge in [0.05, 0.1) is 24.3 Å². The Labute approximate surface area is 130 Å². The fourth-order valence-corrected chi connectivity index (χ4v) is 2.58. The van der Waals surface area contributed by atoms with Crippen LogP contribution in [0.1, 0.15) is 17.3 Å². The summed E-state index contributed by atoms with van der Waals surface area (Å²) >= 11 is 3.32. The van der Waals surface area contributed by atoms with Crippen LogP contribution in [0.25, 0.3) is 0 Å². The third kappa shape index (κ3) is 3.91. The van der Waals surface area contributed by atoms with E-state index in [1.807, 2.05) is 6.92 Å². The minimum absolute atomic E-state index is 0.103. The summed E-state index contributed by atoms with van der Waals surface area (Å²) in [5.41, 5.74) is 0.139. The smallest absolute Gasteiger partial charge is 0.387 e. The highest BCUT2D eigenvalue weighted by Gasteiger charge is 2.31. The Hall–Kier alpha value is -1.21. The maximum atomic E-state index is 12.6. The van der Waals surface area contributed by atoms with Crippen molar-refractivity contribution in [3.8, 4) is 5.75 Å². The van der Waals surface area contributed by atoms with Crippen LogP contribution in [0, 0.1) is 0 Å². The lowest BCUT2D eigenvalue weighted by atomic mass is 10.1. The molecular formula is C14H16BrF2NO3. The second-order valence-electron chi connectivity index (χ2n) is 4.79. The largest absolute Gasteiger partial charge is 0.434 e. The third-order valence-corrected chi connectivity index (χ3v) is 3.99. The average molecular weight is 364 g/mol. The number of para-hydroxylation sites is 1. The van der Waals surface area contributed by atoms with Crippen molar-refractivity contribution in [3.05, 3.63) is 29.8 Å². The summed E-state index contributed by atoms with van der Waals surface area (Å²) in [5, 5.41) is 0.610. The number of halogens is 3. The molecule has 0 aliphatic carbocycles. The summed E-state index contributed by atoms with van der Waals surface area (Å²) in [6.45, 7) is -0.274. The number of benzene rings is 1. The highest BCUT2D eigenvalue weighted by atomic mass is 79.9. The number of amides is 1. The first-order valence-corrected chi connectivity index (χ1v) is 7.67. The van der Waals surface area contributed by atoms with Gasteiger partial charge in [0, 0.05) is 11.9 Å². The molecule has 21 heavy (non-hydrogen) atoms. The van der Waals surface area contributed by atoms with E-state index >= 15 is 0 Å². The number of nitrogens with zero attached hydrogens (tertiary/aromatic N) is 1. The molecule has 0 radical (unpaired) electrons. The zero-order valence-corrected chi connectivity index (χ0v) is 13.1. The van der Waals surface area contributed by atoms with Crippen LogP contribution in [-0.4, -0.2) is 48.0 Å². The summed E-state index contributed by atoms with van der Waals surface area (Å²) in [7, 11) is 0. The number of carbonyl (C=O) groups excluding carboxylic acids is 1. The first kappa shape index (κ1) is 16.2. The van der Waals surface area contributed by atoms with Crippen molar-refractivity contribution in [3.63, 3.8) is 0 Å². The Kier molecular flexibility index (Phi) is 5.52. The number of rotatable bonds is 4. The van der Waals surface area contributed by atoms with Gasteiger partial charge in [-0.05, 0) is 19.1 Å². The molecule has 1 heterocycles. The minimum atomic E-state index is -2.96. The number of morpholine rings is 1. The molecule has 0 bridgehead atoms. The van der Waals surface area contributed by atoms with Crippen LogP contribution in [0.2, 0.25) is 0 Å². The SMILES string of the molecule is CC1COC(CBr)CN1C(=O)c1ccccc1OC(F)F. The number of carbonyl (C=O) groups is 1. The van der Waals surface area contributed by atoms with E-state index in [-0.39, 0.29) is 29.4 Å². The number of hydrogen-bond donors (Lipinski definition) is 0. The normalized spacial score (nSPS) is 22.4. The summed E-state index contributed by atoms with van der Waals surface area (Å²) < 4.78 is 34.8. The fraction of sp³-hybridized carbons (Fsp3) is 0.500.